The second-order valence-corrected chi connectivity index (χ2v) is 4.10. The highest BCUT2D eigenvalue weighted by molar-refractivity contribution is 6.20. The van der Waals surface area contributed by atoms with Crippen molar-refractivity contribution in [2.45, 2.75) is 39.5 Å². The van der Waals surface area contributed by atoms with Crippen LogP contribution in [0.5, 0.6) is 0 Å². The number of Topliss-reactive ketones (excluding diaryl/α,β-unsaturated/α-hetero) is 3. The van der Waals surface area contributed by atoms with Crippen molar-refractivity contribution in [3.8, 4) is 0 Å². The van der Waals surface area contributed by atoms with Gasteiger partial charge in [-0.2, -0.15) is 0 Å². The maximum absolute atomic E-state index is 11.5. The van der Waals surface area contributed by atoms with Crippen molar-refractivity contribution in [2.75, 3.05) is 0 Å². The maximum Gasteiger partial charge on any atom is 0.151 e. The lowest BCUT2D eigenvalue weighted by Gasteiger charge is -2.22. The van der Waals surface area contributed by atoms with Crippen molar-refractivity contribution in [2.24, 2.45) is 11.8 Å². The second kappa shape index (κ2) is 4.49. The zero-order valence-electron chi connectivity index (χ0n) is 8.71. The van der Waals surface area contributed by atoms with Crippen molar-refractivity contribution >= 4 is 17.3 Å². The molecular weight excluding hydrogens is 180 g/mol. The van der Waals surface area contributed by atoms with E-state index in [1.165, 1.54) is 0 Å². The van der Waals surface area contributed by atoms with Gasteiger partial charge < -0.3 is 0 Å². The summed E-state index contributed by atoms with van der Waals surface area (Å²) in [4.78, 5) is 34.5. The SMILES string of the molecule is CCCC(=O)C1C(=O)CC(C)CC1=O. The van der Waals surface area contributed by atoms with E-state index in [4.69, 9.17) is 0 Å². The van der Waals surface area contributed by atoms with Gasteiger partial charge in [-0.3, -0.25) is 14.4 Å². The topological polar surface area (TPSA) is 51.2 Å². The lowest BCUT2D eigenvalue weighted by atomic mass is 9.78. The smallest absolute Gasteiger partial charge is 0.151 e. The van der Waals surface area contributed by atoms with Crippen LogP contribution in [0.2, 0.25) is 0 Å². The first-order chi connectivity index (χ1) is 6.56. The van der Waals surface area contributed by atoms with E-state index < -0.39 is 5.92 Å². The summed E-state index contributed by atoms with van der Waals surface area (Å²) in [6.07, 6.45) is 1.81. The molecule has 0 aromatic carbocycles. The molecule has 0 aliphatic heterocycles. The molecule has 3 nitrogen and oxygen atoms in total. The van der Waals surface area contributed by atoms with Crippen LogP contribution < -0.4 is 0 Å². The van der Waals surface area contributed by atoms with Crippen LogP contribution in [0.25, 0.3) is 0 Å². The zero-order valence-corrected chi connectivity index (χ0v) is 8.71. The molecule has 0 aromatic rings. The standard InChI is InChI=1S/C11H16O3/c1-3-4-8(12)11-9(13)5-7(2)6-10(11)14/h7,11H,3-6H2,1-2H3. The van der Waals surface area contributed by atoms with Gasteiger partial charge in [-0.1, -0.05) is 13.8 Å². The Kier molecular flexibility index (Phi) is 3.55. The highest BCUT2D eigenvalue weighted by Gasteiger charge is 2.37. The first-order valence-electron chi connectivity index (χ1n) is 5.14. The lowest BCUT2D eigenvalue weighted by molar-refractivity contribution is -0.143. The highest BCUT2D eigenvalue weighted by Crippen LogP contribution is 2.24. The van der Waals surface area contributed by atoms with Gasteiger partial charge in [0.1, 0.15) is 5.92 Å². The Morgan fingerprint density at radius 2 is 1.79 bits per heavy atom. The molecule has 1 saturated carbocycles. The van der Waals surface area contributed by atoms with E-state index in [-0.39, 0.29) is 23.3 Å². The summed E-state index contributed by atoms with van der Waals surface area (Å²) in [6, 6.07) is 0. The van der Waals surface area contributed by atoms with E-state index in [9.17, 15) is 14.4 Å². The van der Waals surface area contributed by atoms with Crippen molar-refractivity contribution in [3.63, 3.8) is 0 Å². The van der Waals surface area contributed by atoms with Gasteiger partial charge in [0.05, 0.1) is 0 Å². The Hall–Kier alpha value is -0.990. The molecule has 0 amide bonds. The normalized spacial score (nSPS) is 27.9. The molecule has 0 saturated heterocycles. The number of carbonyl (C=O) groups excluding carboxylic acids is 3. The molecule has 0 atom stereocenters. The third-order valence-electron chi connectivity index (χ3n) is 2.56. The van der Waals surface area contributed by atoms with Gasteiger partial charge in [0.25, 0.3) is 0 Å². The molecule has 0 unspecified atom stereocenters. The summed E-state index contributed by atoms with van der Waals surface area (Å²) >= 11 is 0. The molecule has 1 aliphatic rings. The van der Waals surface area contributed by atoms with Gasteiger partial charge in [0, 0.05) is 19.3 Å². The number of carbonyl (C=O) groups is 3. The third-order valence-corrected chi connectivity index (χ3v) is 2.56. The molecule has 78 valence electrons. The Balaban J connectivity index is 2.72. The van der Waals surface area contributed by atoms with E-state index in [2.05, 4.69) is 0 Å². The maximum atomic E-state index is 11.5. The summed E-state index contributed by atoms with van der Waals surface area (Å²) in [5, 5.41) is 0. The highest BCUT2D eigenvalue weighted by atomic mass is 16.2. The molecule has 1 rings (SSSR count). The first-order valence-corrected chi connectivity index (χ1v) is 5.14. The van der Waals surface area contributed by atoms with Crippen LogP contribution in [-0.4, -0.2) is 17.3 Å². The molecule has 0 N–H and O–H groups in total. The van der Waals surface area contributed by atoms with Crippen LogP contribution in [0.15, 0.2) is 0 Å². The molecule has 1 fully saturated rings. The van der Waals surface area contributed by atoms with Crippen LogP contribution in [0.3, 0.4) is 0 Å². The molecular formula is C11H16O3. The fourth-order valence-electron chi connectivity index (χ4n) is 1.92. The number of hydrogen-bond acceptors (Lipinski definition) is 3. The van der Waals surface area contributed by atoms with Gasteiger partial charge in [-0.05, 0) is 12.3 Å². The zero-order chi connectivity index (χ0) is 10.7. The second-order valence-electron chi connectivity index (χ2n) is 4.10. The van der Waals surface area contributed by atoms with E-state index >= 15 is 0 Å². The summed E-state index contributed by atoms with van der Waals surface area (Å²) in [6.45, 7) is 3.74. The van der Waals surface area contributed by atoms with Gasteiger partial charge in [0.2, 0.25) is 0 Å². The van der Waals surface area contributed by atoms with Gasteiger partial charge in [-0.25, -0.2) is 0 Å². The van der Waals surface area contributed by atoms with Crippen LogP contribution in [0, 0.1) is 11.8 Å². The minimum absolute atomic E-state index is 0.112. The van der Waals surface area contributed by atoms with Crippen LogP contribution in [0.4, 0.5) is 0 Å². The minimum atomic E-state index is -0.925. The molecule has 0 spiro atoms. The van der Waals surface area contributed by atoms with E-state index in [1.807, 2.05) is 13.8 Å². The monoisotopic (exact) mass is 196 g/mol. The average molecular weight is 196 g/mol. The Morgan fingerprint density at radius 1 is 1.29 bits per heavy atom. The van der Waals surface area contributed by atoms with Gasteiger partial charge >= 0.3 is 0 Å². The van der Waals surface area contributed by atoms with E-state index in [0.717, 1.165) is 0 Å². The van der Waals surface area contributed by atoms with Crippen molar-refractivity contribution in [1.29, 1.82) is 0 Å². The third kappa shape index (κ3) is 2.28. The summed E-state index contributed by atoms with van der Waals surface area (Å²) in [5.41, 5.74) is 0. The van der Waals surface area contributed by atoms with Gasteiger partial charge in [-0.15, -0.1) is 0 Å². The van der Waals surface area contributed by atoms with E-state index in [1.54, 1.807) is 0 Å². The predicted molar refractivity (Wildman–Crippen MR) is 51.8 cm³/mol. The van der Waals surface area contributed by atoms with Crippen molar-refractivity contribution in [1.82, 2.24) is 0 Å². The lowest BCUT2D eigenvalue weighted by Crippen LogP contribution is -2.37. The molecule has 14 heavy (non-hydrogen) atoms. The molecule has 3 heteroatoms. The first kappa shape index (κ1) is 11.1. The van der Waals surface area contributed by atoms with Crippen LogP contribution >= 0.6 is 0 Å². The van der Waals surface area contributed by atoms with Crippen molar-refractivity contribution in [3.05, 3.63) is 0 Å². The molecule has 1 aliphatic carbocycles. The Labute approximate surface area is 83.9 Å². The Bertz CT molecular complexity index is 239. The fraction of sp³-hybridized carbons (Fsp3) is 0.727. The number of rotatable bonds is 3. The summed E-state index contributed by atoms with van der Waals surface area (Å²) < 4.78 is 0. The van der Waals surface area contributed by atoms with Crippen LogP contribution in [0.1, 0.15) is 39.5 Å². The summed E-state index contributed by atoms with van der Waals surface area (Å²) in [5.74, 6) is -1.35. The largest absolute Gasteiger partial charge is 0.298 e. The summed E-state index contributed by atoms with van der Waals surface area (Å²) in [7, 11) is 0. The number of ketones is 3. The average Bonchev–Trinajstić information content (AvgIpc) is 2.01. The number of hydrogen-bond donors (Lipinski definition) is 0. The van der Waals surface area contributed by atoms with Crippen LogP contribution in [-0.2, 0) is 14.4 Å². The van der Waals surface area contributed by atoms with E-state index in [0.29, 0.717) is 25.7 Å². The predicted octanol–water partition coefficient (Wildman–Crippen LogP) is 1.54. The quantitative estimate of drug-likeness (QED) is 0.643. The molecule has 0 radical (unpaired) electrons. The molecule has 0 bridgehead atoms. The molecule has 0 aromatic heterocycles. The Morgan fingerprint density at radius 3 is 2.21 bits per heavy atom. The minimum Gasteiger partial charge on any atom is -0.298 e. The van der Waals surface area contributed by atoms with Crippen molar-refractivity contribution < 1.29 is 14.4 Å². The van der Waals surface area contributed by atoms with Gasteiger partial charge in [0.15, 0.2) is 17.3 Å². The molecule has 0 heterocycles. The fourth-order valence-corrected chi connectivity index (χ4v) is 1.92.